The van der Waals surface area contributed by atoms with Gasteiger partial charge in [0.1, 0.15) is 5.75 Å². The lowest BCUT2D eigenvalue weighted by Crippen LogP contribution is -2.20. The normalized spacial score (nSPS) is 11.3. The van der Waals surface area contributed by atoms with Crippen molar-refractivity contribution in [2.24, 2.45) is 0 Å². The Kier molecular flexibility index (Phi) is 3.93. The van der Waals surface area contributed by atoms with Crippen LogP contribution >= 0.6 is 0 Å². The van der Waals surface area contributed by atoms with Gasteiger partial charge in [0.15, 0.2) is 0 Å². The number of nitrogens with one attached hydrogen (secondary N) is 1. The third-order valence-corrected chi connectivity index (χ3v) is 3.80. The molecule has 3 heteroatoms. The number of hydrogen-bond donors (Lipinski definition) is 2. The predicted octanol–water partition coefficient (Wildman–Crippen LogP) is 3.55. The van der Waals surface area contributed by atoms with Crippen molar-refractivity contribution in [3.63, 3.8) is 0 Å². The first-order valence-electron chi connectivity index (χ1n) is 7.24. The van der Waals surface area contributed by atoms with Crippen molar-refractivity contribution in [1.82, 2.24) is 9.88 Å². The number of phenols is 1. The third kappa shape index (κ3) is 3.26. The molecule has 0 aliphatic carbocycles. The largest absolute Gasteiger partial charge is 0.508 e. The number of aromatic amines is 1. The Balaban J connectivity index is 1.62. The zero-order valence-corrected chi connectivity index (χ0v) is 12.2. The van der Waals surface area contributed by atoms with Crippen LogP contribution in [-0.4, -0.2) is 28.6 Å². The molecule has 0 saturated heterocycles. The molecule has 1 aromatic heterocycles. The first-order chi connectivity index (χ1) is 10.2. The standard InChI is InChI=1S/C18H20N2O/c1-20(13-14-5-4-6-16(21)11-14)10-9-15-12-19-18-8-3-2-7-17(15)18/h2-8,11-12,19,21H,9-10,13H2,1H3. The molecule has 3 rings (SSSR count). The van der Waals surface area contributed by atoms with E-state index in [1.54, 1.807) is 6.07 Å². The van der Waals surface area contributed by atoms with Crippen molar-refractivity contribution in [3.05, 3.63) is 65.9 Å². The molecule has 0 bridgehead atoms. The van der Waals surface area contributed by atoms with Gasteiger partial charge in [-0.15, -0.1) is 0 Å². The molecule has 108 valence electrons. The molecule has 0 amide bonds. The fourth-order valence-corrected chi connectivity index (χ4v) is 2.70. The van der Waals surface area contributed by atoms with Crippen LogP contribution in [0.15, 0.2) is 54.7 Å². The quantitative estimate of drug-likeness (QED) is 0.750. The molecule has 3 aromatic rings. The first-order valence-corrected chi connectivity index (χ1v) is 7.24. The van der Waals surface area contributed by atoms with Crippen LogP contribution in [0.1, 0.15) is 11.1 Å². The summed E-state index contributed by atoms with van der Waals surface area (Å²) in [6.45, 7) is 1.83. The van der Waals surface area contributed by atoms with Gasteiger partial charge in [-0.25, -0.2) is 0 Å². The maximum atomic E-state index is 9.50. The Morgan fingerprint density at radius 2 is 1.95 bits per heavy atom. The van der Waals surface area contributed by atoms with Gasteiger partial charge >= 0.3 is 0 Å². The fraction of sp³-hybridized carbons (Fsp3) is 0.222. The summed E-state index contributed by atoms with van der Waals surface area (Å²) < 4.78 is 0. The summed E-state index contributed by atoms with van der Waals surface area (Å²) in [5, 5.41) is 10.8. The van der Waals surface area contributed by atoms with Gasteiger partial charge in [0.25, 0.3) is 0 Å². The van der Waals surface area contributed by atoms with Crippen LogP contribution in [0.25, 0.3) is 10.9 Å². The second kappa shape index (κ2) is 6.02. The Morgan fingerprint density at radius 3 is 2.81 bits per heavy atom. The van der Waals surface area contributed by atoms with E-state index in [4.69, 9.17) is 0 Å². The molecule has 0 saturated carbocycles. The van der Waals surface area contributed by atoms with Crippen molar-refractivity contribution in [1.29, 1.82) is 0 Å². The van der Waals surface area contributed by atoms with Crippen molar-refractivity contribution < 1.29 is 5.11 Å². The molecule has 2 aromatic carbocycles. The van der Waals surface area contributed by atoms with Crippen LogP contribution in [0, 0.1) is 0 Å². The zero-order chi connectivity index (χ0) is 14.7. The summed E-state index contributed by atoms with van der Waals surface area (Å²) in [4.78, 5) is 5.59. The molecule has 0 aliphatic heterocycles. The molecule has 3 nitrogen and oxygen atoms in total. The highest BCUT2D eigenvalue weighted by Crippen LogP contribution is 2.18. The Hall–Kier alpha value is -2.26. The molecule has 0 radical (unpaired) electrons. The number of para-hydroxylation sites is 1. The highest BCUT2D eigenvalue weighted by Gasteiger charge is 2.05. The summed E-state index contributed by atoms with van der Waals surface area (Å²) in [7, 11) is 2.11. The minimum absolute atomic E-state index is 0.331. The number of benzene rings is 2. The van der Waals surface area contributed by atoms with Crippen molar-refractivity contribution in [2.75, 3.05) is 13.6 Å². The predicted molar refractivity (Wildman–Crippen MR) is 86.4 cm³/mol. The number of hydrogen-bond acceptors (Lipinski definition) is 2. The molecular formula is C18H20N2O. The lowest BCUT2D eigenvalue weighted by atomic mass is 10.1. The molecule has 21 heavy (non-hydrogen) atoms. The average Bonchev–Trinajstić information content (AvgIpc) is 2.88. The van der Waals surface area contributed by atoms with Gasteiger partial charge in [-0.2, -0.15) is 0 Å². The Bertz CT molecular complexity index is 733. The summed E-state index contributed by atoms with van der Waals surface area (Å²) in [5.74, 6) is 0.331. The SMILES string of the molecule is CN(CCc1c[nH]c2ccccc12)Cc1cccc(O)c1. The molecule has 0 spiro atoms. The summed E-state index contributed by atoms with van der Waals surface area (Å²) in [6, 6.07) is 15.9. The molecule has 1 heterocycles. The van der Waals surface area contributed by atoms with Crippen LogP contribution in [0.2, 0.25) is 0 Å². The van der Waals surface area contributed by atoms with E-state index in [-0.39, 0.29) is 0 Å². The van der Waals surface area contributed by atoms with Crippen LogP contribution in [0.5, 0.6) is 5.75 Å². The second-order valence-electron chi connectivity index (χ2n) is 5.52. The summed E-state index contributed by atoms with van der Waals surface area (Å²) in [5.41, 5.74) is 3.69. The number of H-pyrrole nitrogens is 1. The van der Waals surface area contributed by atoms with Gasteiger partial charge in [-0.05, 0) is 42.8 Å². The van der Waals surface area contributed by atoms with Crippen molar-refractivity contribution in [2.45, 2.75) is 13.0 Å². The number of fused-ring (bicyclic) bond motifs is 1. The van der Waals surface area contributed by atoms with Crippen LogP contribution in [0.3, 0.4) is 0 Å². The zero-order valence-electron chi connectivity index (χ0n) is 12.2. The molecule has 0 fully saturated rings. The number of nitrogens with zero attached hydrogens (tertiary/aromatic N) is 1. The monoisotopic (exact) mass is 280 g/mol. The van der Waals surface area contributed by atoms with Gasteiger partial charge in [-0.1, -0.05) is 30.3 Å². The average molecular weight is 280 g/mol. The van der Waals surface area contributed by atoms with E-state index in [1.165, 1.54) is 16.5 Å². The number of aromatic hydroxyl groups is 1. The highest BCUT2D eigenvalue weighted by atomic mass is 16.3. The van der Waals surface area contributed by atoms with Crippen LogP contribution in [0.4, 0.5) is 0 Å². The van der Waals surface area contributed by atoms with Gasteiger partial charge in [0.05, 0.1) is 0 Å². The minimum Gasteiger partial charge on any atom is -0.508 e. The first kappa shape index (κ1) is 13.7. The van der Waals surface area contributed by atoms with E-state index in [2.05, 4.69) is 47.4 Å². The number of likely N-dealkylation sites (N-methyl/N-ethyl adjacent to an activating group) is 1. The summed E-state index contributed by atoms with van der Waals surface area (Å²) in [6.07, 6.45) is 3.12. The van der Waals surface area contributed by atoms with E-state index in [0.717, 1.165) is 25.1 Å². The van der Waals surface area contributed by atoms with E-state index in [1.807, 2.05) is 18.2 Å². The van der Waals surface area contributed by atoms with E-state index in [9.17, 15) is 5.11 Å². The molecule has 0 aliphatic rings. The number of aromatic nitrogens is 1. The van der Waals surface area contributed by atoms with Gasteiger partial charge < -0.3 is 15.0 Å². The highest BCUT2D eigenvalue weighted by molar-refractivity contribution is 5.83. The topological polar surface area (TPSA) is 39.3 Å². The lowest BCUT2D eigenvalue weighted by molar-refractivity contribution is 0.331. The van der Waals surface area contributed by atoms with Crippen LogP contribution < -0.4 is 0 Å². The number of phenolic OH excluding ortho intramolecular Hbond substituents is 1. The Morgan fingerprint density at radius 1 is 1.10 bits per heavy atom. The van der Waals surface area contributed by atoms with Gasteiger partial charge in [-0.3, -0.25) is 0 Å². The Labute approximate surface area is 124 Å². The second-order valence-corrected chi connectivity index (χ2v) is 5.52. The van der Waals surface area contributed by atoms with E-state index < -0.39 is 0 Å². The molecule has 0 unspecified atom stereocenters. The maximum absolute atomic E-state index is 9.50. The maximum Gasteiger partial charge on any atom is 0.115 e. The van der Waals surface area contributed by atoms with E-state index in [0.29, 0.717) is 5.75 Å². The van der Waals surface area contributed by atoms with Crippen molar-refractivity contribution in [3.8, 4) is 5.75 Å². The smallest absolute Gasteiger partial charge is 0.115 e. The van der Waals surface area contributed by atoms with Crippen molar-refractivity contribution >= 4 is 10.9 Å². The number of rotatable bonds is 5. The third-order valence-electron chi connectivity index (χ3n) is 3.80. The van der Waals surface area contributed by atoms with Gasteiger partial charge in [0, 0.05) is 30.2 Å². The molecular weight excluding hydrogens is 260 g/mol. The summed E-state index contributed by atoms with van der Waals surface area (Å²) >= 11 is 0. The van der Waals surface area contributed by atoms with Crippen LogP contribution in [-0.2, 0) is 13.0 Å². The molecule has 0 atom stereocenters. The lowest BCUT2D eigenvalue weighted by Gasteiger charge is -2.16. The fourth-order valence-electron chi connectivity index (χ4n) is 2.70. The minimum atomic E-state index is 0.331. The van der Waals surface area contributed by atoms with Gasteiger partial charge in [0.2, 0.25) is 0 Å². The van der Waals surface area contributed by atoms with E-state index >= 15 is 0 Å². The molecule has 2 N–H and O–H groups in total.